The average Bonchev–Trinajstić information content (AvgIpc) is 3.21. The monoisotopic (exact) mass is 791 g/mol. The molecular weight excluding hydrogens is 709 g/mol. The number of hydrogen-bond acceptors (Lipinski definition) is 6. The third-order valence-electron chi connectivity index (χ3n) is 9.09. The summed E-state index contributed by atoms with van der Waals surface area (Å²) in [6, 6.07) is 0. The van der Waals surface area contributed by atoms with Gasteiger partial charge in [0.25, 0.3) is 0 Å². The maximum atomic E-state index is 12.7. The van der Waals surface area contributed by atoms with E-state index in [0.29, 0.717) is 19.3 Å². The van der Waals surface area contributed by atoms with Gasteiger partial charge in [0.1, 0.15) is 13.2 Å². The summed E-state index contributed by atoms with van der Waals surface area (Å²) >= 11 is 0. The lowest BCUT2D eigenvalue weighted by molar-refractivity contribution is -0.167. The summed E-state index contributed by atoms with van der Waals surface area (Å²) in [6.45, 7) is 6.37. The second-order valence-electron chi connectivity index (χ2n) is 14.7. The van der Waals surface area contributed by atoms with E-state index in [0.717, 1.165) is 83.5 Å². The predicted molar refractivity (Wildman–Crippen MR) is 242 cm³/mol. The van der Waals surface area contributed by atoms with Crippen LogP contribution in [0.4, 0.5) is 0 Å². The molecule has 0 radical (unpaired) electrons. The third kappa shape index (κ3) is 43.3. The Morgan fingerprint density at radius 3 is 1.18 bits per heavy atom. The smallest absolute Gasteiger partial charge is 0.306 e. The number of allylic oxidation sites excluding steroid dienone is 16. The van der Waals surface area contributed by atoms with Crippen LogP contribution in [0.3, 0.4) is 0 Å². The fourth-order valence-corrected chi connectivity index (χ4v) is 5.56. The summed E-state index contributed by atoms with van der Waals surface area (Å²) in [4.78, 5) is 37.7. The van der Waals surface area contributed by atoms with Crippen LogP contribution in [-0.2, 0) is 28.6 Å². The van der Waals surface area contributed by atoms with Gasteiger partial charge in [-0.05, 0) is 96.3 Å². The molecule has 0 saturated heterocycles. The number of esters is 3. The standard InChI is InChI=1S/C51H82O6/c1-4-7-10-13-16-19-22-23-24-25-26-27-30-32-35-38-41-44-50(53)56-47-48(57-51(54)45-42-39-36-33-29-21-18-15-12-9-6-3)46-55-49(52)43-40-37-34-31-28-20-17-14-11-8-5-2/h14-21,23-24,26-29,32,35,48H,4-13,22,25,30-31,33-34,36-47H2,1-3H3/b17-14-,18-15-,19-16-,24-23-,27-26-,28-20-,29-21-,35-32-. The van der Waals surface area contributed by atoms with Gasteiger partial charge in [-0.15, -0.1) is 0 Å². The van der Waals surface area contributed by atoms with Crippen molar-refractivity contribution in [2.75, 3.05) is 13.2 Å². The lowest BCUT2D eigenvalue weighted by atomic mass is 10.1. The van der Waals surface area contributed by atoms with E-state index in [1.165, 1.54) is 51.4 Å². The van der Waals surface area contributed by atoms with Crippen molar-refractivity contribution in [1.29, 1.82) is 0 Å². The Labute approximate surface area is 349 Å². The molecule has 0 aromatic rings. The van der Waals surface area contributed by atoms with E-state index in [9.17, 15) is 14.4 Å². The van der Waals surface area contributed by atoms with Gasteiger partial charge < -0.3 is 14.2 Å². The molecule has 322 valence electrons. The Hall–Kier alpha value is -3.67. The fourth-order valence-electron chi connectivity index (χ4n) is 5.56. The number of unbranched alkanes of at least 4 members (excludes halogenated alkanes) is 14. The molecule has 6 heteroatoms. The highest BCUT2D eigenvalue weighted by molar-refractivity contribution is 5.71. The van der Waals surface area contributed by atoms with E-state index in [1.807, 2.05) is 0 Å². The summed E-state index contributed by atoms with van der Waals surface area (Å²) < 4.78 is 16.6. The highest BCUT2D eigenvalue weighted by Gasteiger charge is 2.19. The topological polar surface area (TPSA) is 78.9 Å². The van der Waals surface area contributed by atoms with Crippen LogP contribution in [0.5, 0.6) is 0 Å². The Morgan fingerprint density at radius 1 is 0.368 bits per heavy atom. The van der Waals surface area contributed by atoms with E-state index < -0.39 is 6.10 Å². The SMILES string of the molecule is CCCC/C=C\C=C/CCCCCC(=O)OCC(COC(=O)CCC/C=C\C/C=C\C/C=C\C/C=C\CCCCC)OC(=O)CCCCC/C=C\C=C/CCCC. The molecule has 0 aliphatic carbocycles. The molecule has 0 N–H and O–H groups in total. The van der Waals surface area contributed by atoms with E-state index >= 15 is 0 Å². The first-order valence-corrected chi connectivity index (χ1v) is 22.8. The largest absolute Gasteiger partial charge is 0.462 e. The summed E-state index contributed by atoms with van der Waals surface area (Å²) in [7, 11) is 0. The molecule has 0 saturated carbocycles. The molecule has 0 aromatic carbocycles. The molecule has 0 fully saturated rings. The molecule has 1 unspecified atom stereocenters. The highest BCUT2D eigenvalue weighted by Crippen LogP contribution is 2.10. The van der Waals surface area contributed by atoms with Crippen LogP contribution in [0.1, 0.15) is 188 Å². The minimum atomic E-state index is -0.822. The van der Waals surface area contributed by atoms with Gasteiger partial charge in [-0.2, -0.15) is 0 Å². The van der Waals surface area contributed by atoms with Crippen LogP contribution >= 0.6 is 0 Å². The van der Waals surface area contributed by atoms with Crippen LogP contribution < -0.4 is 0 Å². The molecule has 1 atom stereocenters. The normalized spacial score (nSPS) is 13.0. The van der Waals surface area contributed by atoms with Crippen LogP contribution in [0, 0.1) is 0 Å². The van der Waals surface area contributed by atoms with E-state index in [2.05, 4.69) is 118 Å². The number of hydrogen-bond donors (Lipinski definition) is 0. The zero-order chi connectivity index (χ0) is 41.5. The van der Waals surface area contributed by atoms with Crippen molar-refractivity contribution < 1.29 is 28.6 Å². The summed E-state index contributed by atoms with van der Waals surface area (Å²) in [5.74, 6) is -1.05. The minimum absolute atomic E-state index is 0.121. The molecule has 0 amide bonds. The minimum Gasteiger partial charge on any atom is -0.462 e. The molecule has 0 rings (SSSR count). The van der Waals surface area contributed by atoms with Gasteiger partial charge in [0.05, 0.1) is 0 Å². The molecule has 0 spiro atoms. The third-order valence-corrected chi connectivity index (χ3v) is 9.09. The molecular formula is C51H82O6. The fraction of sp³-hybridized carbons (Fsp3) is 0.627. The number of ether oxygens (including phenoxy) is 3. The molecule has 0 aliphatic heterocycles. The van der Waals surface area contributed by atoms with E-state index in [4.69, 9.17) is 14.2 Å². The Bertz CT molecular complexity index is 1180. The Morgan fingerprint density at radius 2 is 0.719 bits per heavy atom. The van der Waals surface area contributed by atoms with Gasteiger partial charge in [0, 0.05) is 19.3 Å². The highest BCUT2D eigenvalue weighted by atomic mass is 16.6. The van der Waals surface area contributed by atoms with Crippen molar-refractivity contribution in [3.05, 3.63) is 97.2 Å². The summed E-state index contributed by atoms with van der Waals surface area (Å²) in [5.41, 5.74) is 0. The van der Waals surface area contributed by atoms with Gasteiger partial charge in [-0.25, -0.2) is 0 Å². The van der Waals surface area contributed by atoms with Crippen LogP contribution in [-0.4, -0.2) is 37.2 Å². The van der Waals surface area contributed by atoms with Gasteiger partial charge in [-0.3, -0.25) is 14.4 Å². The van der Waals surface area contributed by atoms with Gasteiger partial charge in [0.15, 0.2) is 6.10 Å². The first-order chi connectivity index (χ1) is 28.0. The van der Waals surface area contributed by atoms with Gasteiger partial charge in [-0.1, -0.05) is 169 Å². The molecule has 0 aliphatic rings. The predicted octanol–water partition coefficient (Wildman–Crippen LogP) is 14.6. The van der Waals surface area contributed by atoms with Crippen LogP contribution in [0.25, 0.3) is 0 Å². The first kappa shape index (κ1) is 53.3. The Kier molecular flexibility index (Phi) is 42.1. The lowest BCUT2D eigenvalue weighted by Crippen LogP contribution is -2.30. The second-order valence-corrected chi connectivity index (χ2v) is 14.7. The number of carbonyl (C=O) groups excluding carboxylic acids is 3. The van der Waals surface area contributed by atoms with Crippen molar-refractivity contribution >= 4 is 17.9 Å². The maximum absolute atomic E-state index is 12.7. The quantitative estimate of drug-likeness (QED) is 0.0203. The van der Waals surface area contributed by atoms with Crippen LogP contribution in [0.15, 0.2) is 97.2 Å². The zero-order valence-corrected chi connectivity index (χ0v) is 36.6. The van der Waals surface area contributed by atoms with Crippen molar-refractivity contribution in [1.82, 2.24) is 0 Å². The van der Waals surface area contributed by atoms with Crippen LogP contribution in [0.2, 0.25) is 0 Å². The van der Waals surface area contributed by atoms with Crippen molar-refractivity contribution in [3.8, 4) is 0 Å². The first-order valence-electron chi connectivity index (χ1n) is 22.8. The summed E-state index contributed by atoms with van der Waals surface area (Å²) in [6.07, 6.45) is 58.3. The molecule has 6 nitrogen and oxygen atoms in total. The number of carbonyl (C=O) groups is 3. The Balaban J connectivity index is 4.54. The van der Waals surface area contributed by atoms with Crippen molar-refractivity contribution in [3.63, 3.8) is 0 Å². The van der Waals surface area contributed by atoms with E-state index in [1.54, 1.807) is 0 Å². The lowest BCUT2D eigenvalue weighted by Gasteiger charge is -2.18. The number of rotatable bonds is 39. The second kappa shape index (κ2) is 45.0. The summed E-state index contributed by atoms with van der Waals surface area (Å²) in [5, 5.41) is 0. The molecule has 0 bridgehead atoms. The molecule has 57 heavy (non-hydrogen) atoms. The van der Waals surface area contributed by atoms with Crippen molar-refractivity contribution in [2.24, 2.45) is 0 Å². The van der Waals surface area contributed by atoms with Crippen molar-refractivity contribution in [2.45, 2.75) is 194 Å². The molecule has 0 aromatic heterocycles. The maximum Gasteiger partial charge on any atom is 0.306 e. The van der Waals surface area contributed by atoms with E-state index in [-0.39, 0.29) is 44.0 Å². The van der Waals surface area contributed by atoms with Gasteiger partial charge in [0.2, 0.25) is 0 Å². The molecule has 0 heterocycles. The average molecular weight is 791 g/mol. The zero-order valence-electron chi connectivity index (χ0n) is 36.6. The van der Waals surface area contributed by atoms with Gasteiger partial charge >= 0.3 is 17.9 Å².